The Morgan fingerprint density at radius 1 is 0.778 bits per heavy atom. The van der Waals surface area contributed by atoms with Crippen molar-refractivity contribution in [1.29, 1.82) is 0 Å². The van der Waals surface area contributed by atoms with E-state index in [2.05, 4.69) is 4.98 Å². The van der Waals surface area contributed by atoms with Crippen molar-refractivity contribution in [2.24, 2.45) is 0 Å². The van der Waals surface area contributed by atoms with Crippen LogP contribution in [0.2, 0.25) is 0 Å². The highest BCUT2D eigenvalue weighted by molar-refractivity contribution is 7.99. The molecule has 1 N–H and O–H groups in total. The molecule has 0 saturated carbocycles. The fourth-order valence-corrected chi connectivity index (χ4v) is 3.63. The van der Waals surface area contributed by atoms with E-state index in [-0.39, 0.29) is 16.3 Å². The predicted octanol–water partition coefficient (Wildman–Crippen LogP) is 4.76. The lowest BCUT2D eigenvalue weighted by atomic mass is 10.2. The minimum atomic E-state index is -0.304. The molecule has 0 bridgehead atoms. The summed E-state index contributed by atoms with van der Waals surface area (Å²) in [5.41, 5.74) is 1.15. The molecule has 0 atom stereocenters. The van der Waals surface area contributed by atoms with Gasteiger partial charge in [0.15, 0.2) is 5.82 Å². The van der Waals surface area contributed by atoms with Crippen LogP contribution in [0.25, 0.3) is 17.1 Å². The predicted molar refractivity (Wildman–Crippen MR) is 107 cm³/mol. The zero-order valence-corrected chi connectivity index (χ0v) is 15.1. The minimum Gasteiger partial charge on any atom is -0.492 e. The molecule has 0 saturated heterocycles. The third-order valence-corrected chi connectivity index (χ3v) is 5.10. The minimum absolute atomic E-state index is 0.199. The Morgan fingerprint density at radius 2 is 1.33 bits per heavy atom. The second kappa shape index (κ2) is 7.51. The van der Waals surface area contributed by atoms with Crippen molar-refractivity contribution in [3.63, 3.8) is 0 Å². The van der Waals surface area contributed by atoms with Gasteiger partial charge in [0.2, 0.25) is 5.88 Å². The van der Waals surface area contributed by atoms with Crippen molar-refractivity contribution in [2.75, 3.05) is 0 Å². The molecular weight excluding hydrogens is 356 g/mol. The number of aromatic hydroxyl groups is 1. The van der Waals surface area contributed by atoms with Crippen LogP contribution in [0, 0.1) is 0 Å². The summed E-state index contributed by atoms with van der Waals surface area (Å²) < 4.78 is 1.54. The Labute approximate surface area is 160 Å². The lowest BCUT2D eigenvalue weighted by molar-refractivity contribution is 0.435. The van der Waals surface area contributed by atoms with E-state index in [9.17, 15) is 9.90 Å². The van der Waals surface area contributed by atoms with Gasteiger partial charge in [-0.15, -0.1) is 0 Å². The van der Waals surface area contributed by atoms with Crippen molar-refractivity contribution in [2.45, 2.75) is 9.79 Å². The first-order valence-electron chi connectivity index (χ1n) is 8.44. The molecule has 1 aromatic heterocycles. The topological polar surface area (TPSA) is 55.1 Å². The maximum Gasteiger partial charge on any atom is 0.276 e. The molecule has 0 amide bonds. The van der Waals surface area contributed by atoms with E-state index in [0.717, 1.165) is 10.5 Å². The van der Waals surface area contributed by atoms with Gasteiger partial charge >= 0.3 is 0 Å². The van der Waals surface area contributed by atoms with Crippen LogP contribution >= 0.6 is 11.8 Å². The van der Waals surface area contributed by atoms with Crippen LogP contribution in [0.4, 0.5) is 0 Å². The molecule has 4 rings (SSSR count). The normalized spacial score (nSPS) is 10.7. The summed E-state index contributed by atoms with van der Waals surface area (Å²) in [7, 11) is 0. The molecule has 0 fully saturated rings. The molecule has 0 spiro atoms. The standard InChI is InChI=1S/C22H16N2O2S/c25-21-19(27-18-14-8-3-9-15-18)22(26)24(17-12-6-2-7-13-17)20(23-21)16-10-4-1-5-11-16/h1-15,25H. The molecule has 0 radical (unpaired) electrons. The van der Waals surface area contributed by atoms with E-state index >= 15 is 0 Å². The van der Waals surface area contributed by atoms with Gasteiger partial charge in [-0.1, -0.05) is 78.5 Å². The first-order valence-corrected chi connectivity index (χ1v) is 9.25. The number of nitrogens with zero attached hydrogens (tertiary/aromatic N) is 2. The molecule has 4 nitrogen and oxygen atoms in total. The van der Waals surface area contributed by atoms with Gasteiger partial charge in [0.05, 0.1) is 5.69 Å². The Balaban J connectivity index is 1.95. The van der Waals surface area contributed by atoms with Gasteiger partial charge in [-0.2, -0.15) is 4.98 Å². The summed E-state index contributed by atoms with van der Waals surface area (Å²) in [5, 5.41) is 10.5. The number of rotatable bonds is 4. The SMILES string of the molecule is O=c1c(Sc2ccccc2)c(O)nc(-c2ccccc2)n1-c1ccccc1. The van der Waals surface area contributed by atoms with Crippen LogP contribution in [-0.4, -0.2) is 14.7 Å². The smallest absolute Gasteiger partial charge is 0.276 e. The molecule has 0 unspecified atom stereocenters. The van der Waals surface area contributed by atoms with Gasteiger partial charge < -0.3 is 5.11 Å². The quantitative estimate of drug-likeness (QED) is 0.561. The highest BCUT2D eigenvalue weighted by atomic mass is 32.2. The van der Waals surface area contributed by atoms with Crippen LogP contribution in [0.3, 0.4) is 0 Å². The fourth-order valence-electron chi connectivity index (χ4n) is 2.79. The van der Waals surface area contributed by atoms with Crippen LogP contribution in [0.5, 0.6) is 5.88 Å². The average Bonchev–Trinajstić information content (AvgIpc) is 2.73. The Morgan fingerprint density at radius 3 is 1.96 bits per heavy atom. The number of hydrogen-bond acceptors (Lipinski definition) is 4. The zero-order valence-electron chi connectivity index (χ0n) is 14.3. The summed E-state index contributed by atoms with van der Waals surface area (Å²) in [4.78, 5) is 18.8. The lowest BCUT2D eigenvalue weighted by Gasteiger charge is -2.15. The summed E-state index contributed by atoms with van der Waals surface area (Å²) in [6.07, 6.45) is 0. The molecular formula is C22H16N2O2S. The van der Waals surface area contributed by atoms with E-state index in [0.29, 0.717) is 11.5 Å². The largest absolute Gasteiger partial charge is 0.492 e. The average molecular weight is 372 g/mol. The second-order valence-corrected chi connectivity index (χ2v) is 6.93. The van der Waals surface area contributed by atoms with Gasteiger partial charge in [0, 0.05) is 10.5 Å². The van der Waals surface area contributed by atoms with E-state index < -0.39 is 0 Å². The zero-order chi connectivity index (χ0) is 18.6. The monoisotopic (exact) mass is 372 g/mol. The molecule has 0 aliphatic rings. The number of hydrogen-bond donors (Lipinski definition) is 1. The highest BCUT2D eigenvalue weighted by Crippen LogP contribution is 2.32. The number of benzene rings is 3. The molecule has 3 aromatic carbocycles. The van der Waals surface area contributed by atoms with Crippen LogP contribution in [-0.2, 0) is 0 Å². The van der Waals surface area contributed by atoms with Crippen molar-refractivity contribution >= 4 is 11.8 Å². The summed E-state index contributed by atoms with van der Waals surface area (Å²) in [6, 6.07) is 28.2. The Kier molecular flexibility index (Phi) is 4.77. The third kappa shape index (κ3) is 3.50. The molecule has 27 heavy (non-hydrogen) atoms. The van der Waals surface area contributed by atoms with E-state index in [1.165, 1.54) is 11.8 Å². The van der Waals surface area contributed by atoms with E-state index in [1.807, 2.05) is 91.0 Å². The fraction of sp³-hybridized carbons (Fsp3) is 0. The van der Waals surface area contributed by atoms with Crippen molar-refractivity contribution < 1.29 is 5.11 Å². The Bertz CT molecular complexity index is 1110. The summed E-state index contributed by atoms with van der Waals surface area (Å²) in [6.45, 7) is 0. The lowest BCUT2D eigenvalue weighted by Crippen LogP contribution is -2.23. The van der Waals surface area contributed by atoms with Gasteiger partial charge in [-0.25, -0.2) is 0 Å². The first-order chi connectivity index (χ1) is 13.2. The molecule has 4 aromatic rings. The van der Waals surface area contributed by atoms with E-state index in [4.69, 9.17) is 0 Å². The summed E-state index contributed by atoms with van der Waals surface area (Å²) in [5.74, 6) is 0.140. The van der Waals surface area contributed by atoms with Crippen molar-refractivity contribution in [3.05, 3.63) is 101 Å². The third-order valence-electron chi connectivity index (χ3n) is 4.03. The van der Waals surface area contributed by atoms with Crippen molar-refractivity contribution in [1.82, 2.24) is 9.55 Å². The maximum absolute atomic E-state index is 13.3. The highest BCUT2D eigenvalue weighted by Gasteiger charge is 2.19. The second-order valence-electron chi connectivity index (χ2n) is 5.85. The molecule has 0 aliphatic heterocycles. The van der Waals surface area contributed by atoms with E-state index in [1.54, 1.807) is 4.57 Å². The van der Waals surface area contributed by atoms with Gasteiger partial charge in [0.25, 0.3) is 5.56 Å². The molecule has 132 valence electrons. The number of para-hydroxylation sites is 1. The molecule has 1 heterocycles. The van der Waals surface area contributed by atoms with Gasteiger partial charge in [-0.3, -0.25) is 9.36 Å². The van der Waals surface area contributed by atoms with Gasteiger partial charge in [0.1, 0.15) is 4.90 Å². The van der Waals surface area contributed by atoms with Gasteiger partial charge in [-0.05, 0) is 24.3 Å². The molecule has 0 aliphatic carbocycles. The first kappa shape index (κ1) is 17.1. The van der Waals surface area contributed by atoms with Crippen LogP contribution < -0.4 is 5.56 Å². The maximum atomic E-state index is 13.3. The Hall–Kier alpha value is -3.31. The van der Waals surface area contributed by atoms with Crippen molar-refractivity contribution in [3.8, 4) is 23.0 Å². The molecule has 5 heteroatoms. The van der Waals surface area contributed by atoms with Crippen LogP contribution in [0.1, 0.15) is 0 Å². The van der Waals surface area contributed by atoms with Crippen LogP contribution in [0.15, 0.2) is 106 Å². The number of aromatic nitrogens is 2. The summed E-state index contributed by atoms with van der Waals surface area (Å²) >= 11 is 1.21.